The van der Waals surface area contributed by atoms with Gasteiger partial charge in [-0.15, -0.1) is 0 Å². The van der Waals surface area contributed by atoms with Crippen molar-refractivity contribution in [1.29, 1.82) is 0 Å². The van der Waals surface area contributed by atoms with E-state index < -0.39 is 5.41 Å². The number of aryl methyl sites for hydroxylation is 1. The van der Waals surface area contributed by atoms with Crippen molar-refractivity contribution >= 4 is 22.6 Å². The number of hydrogen-bond acceptors (Lipinski definition) is 4. The highest BCUT2D eigenvalue weighted by molar-refractivity contribution is 5.90. The lowest BCUT2D eigenvalue weighted by Gasteiger charge is -2.23. The molecule has 0 N–H and O–H groups in total. The number of carbonyl (C=O) groups is 2. The molecule has 2 aromatic rings. The van der Waals surface area contributed by atoms with E-state index in [2.05, 4.69) is 12.0 Å². The number of fused-ring (bicyclic) bond motifs is 1. The van der Waals surface area contributed by atoms with Crippen molar-refractivity contribution < 1.29 is 9.59 Å². The topological polar surface area (TPSA) is 75.5 Å². The Morgan fingerprint density at radius 3 is 2.61 bits per heavy atom. The van der Waals surface area contributed by atoms with Crippen LogP contribution in [0.25, 0.3) is 10.8 Å². The van der Waals surface area contributed by atoms with E-state index in [1.807, 2.05) is 23.1 Å². The molecule has 28 heavy (non-hydrogen) atoms. The molecule has 2 aliphatic rings. The Hall–Kier alpha value is -2.70. The highest BCUT2D eigenvalue weighted by Gasteiger charge is 2.51. The molecule has 0 saturated carbocycles. The maximum atomic E-state index is 13.0. The number of hydrogen-bond donors (Lipinski definition) is 0. The zero-order valence-electron chi connectivity index (χ0n) is 16.5. The molecule has 7 nitrogen and oxygen atoms in total. The molecule has 1 aromatic heterocycles. The number of rotatable bonds is 4. The van der Waals surface area contributed by atoms with Crippen LogP contribution < -0.4 is 5.56 Å². The quantitative estimate of drug-likeness (QED) is 0.800. The number of amides is 2. The summed E-state index contributed by atoms with van der Waals surface area (Å²) in [5, 5.41) is 5.63. The molecule has 148 valence electrons. The summed E-state index contributed by atoms with van der Waals surface area (Å²) in [6, 6.07) is 7.26. The number of aromatic nitrogens is 2. The lowest BCUT2D eigenvalue weighted by molar-refractivity contribution is -0.136. The minimum atomic E-state index is -0.399. The number of carbonyl (C=O) groups excluding carboxylic acids is 2. The van der Waals surface area contributed by atoms with Crippen LogP contribution in [-0.4, -0.2) is 57.6 Å². The largest absolute Gasteiger partial charge is 0.342 e. The van der Waals surface area contributed by atoms with E-state index in [1.165, 1.54) is 4.68 Å². The molecule has 1 aromatic carbocycles. The van der Waals surface area contributed by atoms with E-state index in [4.69, 9.17) is 0 Å². The molecule has 2 amide bonds. The third kappa shape index (κ3) is 2.99. The van der Waals surface area contributed by atoms with Gasteiger partial charge in [0.05, 0.1) is 22.9 Å². The molecule has 1 atom stereocenters. The summed E-state index contributed by atoms with van der Waals surface area (Å²) in [6.07, 6.45) is 2.66. The van der Waals surface area contributed by atoms with Crippen molar-refractivity contribution in [3.8, 4) is 0 Å². The molecule has 0 aliphatic carbocycles. The molecule has 2 fully saturated rings. The second-order valence-corrected chi connectivity index (χ2v) is 7.99. The lowest BCUT2D eigenvalue weighted by atomic mass is 9.85. The monoisotopic (exact) mass is 382 g/mol. The van der Waals surface area contributed by atoms with E-state index in [9.17, 15) is 14.4 Å². The minimum Gasteiger partial charge on any atom is -0.342 e. The Labute approximate surface area is 163 Å². The zero-order valence-corrected chi connectivity index (χ0v) is 16.5. The van der Waals surface area contributed by atoms with Gasteiger partial charge >= 0.3 is 0 Å². The first kappa shape index (κ1) is 18.7. The maximum absolute atomic E-state index is 13.0. The average molecular weight is 382 g/mol. The molecule has 1 unspecified atom stereocenters. The zero-order chi connectivity index (χ0) is 19.9. The van der Waals surface area contributed by atoms with E-state index in [-0.39, 0.29) is 23.8 Å². The van der Waals surface area contributed by atoms with E-state index >= 15 is 0 Å². The molecule has 0 radical (unpaired) electrons. The van der Waals surface area contributed by atoms with Gasteiger partial charge in [-0.05, 0) is 25.3 Å². The molecule has 2 aliphatic heterocycles. The molecule has 2 saturated heterocycles. The number of benzene rings is 1. The predicted molar refractivity (Wildman–Crippen MR) is 106 cm³/mol. The van der Waals surface area contributed by atoms with Gasteiger partial charge in [-0.25, -0.2) is 4.68 Å². The van der Waals surface area contributed by atoms with Crippen molar-refractivity contribution in [2.75, 3.05) is 26.2 Å². The predicted octanol–water partition coefficient (Wildman–Crippen LogP) is 1.34. The smallest absolute Gasteiger partial charge is 0.274 e. The molecular formula is C21H26N4O3. The van der Waals surface area contributed by atoms with Gasteiger partial charge in [-0.2, -0.15) is 5.10 Å². The van der Waals surface area contributed by atoms with Crippen molar-refractivity contribution in [3.63, 3.8) is 0 Å². The Bertz CT molecular complexity index is 999. The Balaban J connectivity index is 1.53. The van der Waals surface area contributed by atoms with Crippen molar-refractivity contribution in [1.82, 2.24) is 19.6 Å². The summed E-state index contributed by atoms with van der Waals surface area (Å²) in [6.45, 7) is 4.76. The van der Waals surface area contributed by atoms with Gasteiger partial charge in [0.25, 0.3) is 5.56 Å². The van der Waals surface area contributed by atoms with E-state index in [0.717, 1.165) is 37.7 Å². The number of nitrogens with zero attached hydrogens (tertiary/aromatic N) is 4. The summed E-state index contributed by atoms with van der Waals surface area (Å²) >= 11 is 0. The molecule has 0 bridgehead atoms. The summed E-state index contributed by atoms with van der Waals surface area (Å²) in [4.78, 5) is 41.8. The van der Waals surface area contributed by atoms with Gasteiger partial charge in [0.2, 0.25) is 11.8 Å². The summed E-state index contributed by atoms with van der Waals surface area (Å²) < 4.78 is 1.29. The second kappa shape index (κ2) is 7.04. The Morgan fingerprint density at radius 2 is 1.86 bits per heavy atom. The SMILES string of the molecule is CCCN1CCC2(CCN(C(=O)Cc3nn(C)c(=O)c4ccccc34)C2)C1=O. The summed E-state index contributed by atoms with van der Waals surface area (Å²) in [5.41, 5.74) is 0.0395. The molecule has 1 spiro atoms. The first-order valence-corrected chi connectivity index (χ1v) is 9.97. The van der Waals surface area contributed by atoms with Gasteiger partial charge in [-0.3, -0.25) is 14.4 Å². The van der Waals surface area contributed by atoms with E-state index in [1.54, 1.807) is 18.0 Å². The number of likely N-dealkylation sites (tertiary alicyclic amines) is 2. The van der Waals surface area contributed by atoms with Crippen LogP contribution in [0.1, 0.15) is 31.9 Å². The van der Waals surface area contributed by atoms with Gasteiger partial charge in [0.1, 0.15) is 0 Å². The van der Waals surface area contributed by atoms with Gasteiger partial charge < -0.3 is 9.80 Å². The van der Waals surface area contributed by atoms with E-state index in [0.29, 0.717) is 24.2 Å². The van der Waals surface area contributed by atoms with Crippen LogP contribution in [0.2, 0.25) is 0 Å². The minimum absolute atomic E-state index is 0.0325. The van der Waals surface area contributed by atoms with Crippen LogP contribution in [0.4, 0.5) is 0 Å². The first-order chi connectivity index (χ1) is 13.4. The second-order valence-electron chi connectivity index (χ2n) is 7.99. The van der Waals surface area contributed by atoms with Crippen LogP contribution in [-0.2, 0) is 23.1 Å². The standard InChI is InChI=1S/C21H26N4O3/c1-3-10-24-11-8-21(20(24)28)9-12-25(14-21)18(26)13-17-15-6-4-5-7-16(15)19(27)23(2)22-17/h4-7H,3,8-14H2,1-2H3. The maximum Gasteiger partial charge on any atom is 0.274 e. The van der Waals surface area contributed by atoms with Crippen molar-refractivity contribution in [2.45, 2.75) is 32.6 Å². The normalized spacial score (nSPS) is 22.0. The Morgan fingerprint density at radius 1 is 1.14 bits per heavy atom. The molecule has 3 heterocycles. The van der Waals surface area contributed by atoms with Gasteiger partial charge in [0.15, 0.2) is 0 Å². The van der Waals surface area contributed by atoms with Crippen LogP contribution in [0.5, 0.6) is 0 Å². The lowest BCUT2D eigenvalue weighted by Crippen LogP contribution is -2.39. The third-order valence-electron chi connectivity index (χ3n) is 6.15. The summed E-state index contributed by atoms with van der Waals surface area (Å²) in [7, 11) is 1.60. The van der Waals surface area contributed by atoms with Crippen LogP contribution >= 0.6 is 0 Å². The fraction of sp³-hybridized carbons (Fsp3) is 0.524. The van der Waals surface area contributed by atoms with Crippen molar-refractivity contribution in [2.24, 2.45) is 12.5 Å². The van der Waals surface area contributed by atoms with Crippen LogP contribution in [0, 0.1) is 5.41 Å². The Kier molecular flexibility index (Phi) is 4.69. The molecule has 7 heteroatoms. The fourth-order valence-electron chi connectivity index (χ4n) is 4.60. The summed E-state index contributed by atoms with van der Waals surface area (Å²) in [5.74, 6) is 0.172. The molecule has 4 rings (SSSR count). The van der Waals surface area contributed by atoms with Gasteiger partial charge in [-0.1, -0.05) is 25.1 Å². The van der Waals surface area contributed by atoms with Gasteiger partial charge in [0, 0.05) is 38.6 Å². The van der Waals surface area contributed by atoms with Crippen LogP contribution in [0.15, 0.2) is 29.1 Å². The first-order valence-electron chi connectivity index (χ1n) is 9.97. The highest BCUT2D eigenvalue weighted by Crippen LogP contribution is 2.40. The fourth-order valence-corrected chi connectivity index (χ4v) is 4.60. The van der Waals surface area contributed by atoms with Crippen molar-refractivity contribution in [3.05, 3.63) is 40.3 Å². The third-order valence-corrected chi connectivity index (χ3v) is 6.15. The molecular weight excluding hydrogens is 356 g/mol. The van der Waals surface area contributed by atoms with Crippen LogP contribution in [0.3, 0.4) is 0 Å². The highest BCUT2D eigenvalue weighted by atomic mass is 16.2. The average Bonchev–Trinajstić information content (AvgIpc) is 3.26.